The number of allylic oxidation sites excluding steroid dienone is 1. The number of anilines is 1. The molecule has 5 nitrogen and oxygen atoms in total. The normalized spacial score (nSPS) is 15.0. The number of nitrogens with zero attached hydrogens (tertiary/aromatic N) is 3. The van der Waals surface area contributed by atoms with E-state index in [0.717, 1.165) is 11.1 Å². The van der Waals surface area contributed by atoms with Gasteiger partial charge in [0.05, 0.1) is 24.2 Å². The van der Waals surface area contributed by atoms with Crippen molar-refractivity contribution in [1.82, 2.24) is 0 Å². The van der Waals surface area contributed by atoms with Gasteiger partial charge in [-0.1, -0.05) is 41.4 Å². The second kappa shape index (κ2) is 7.62. The summed E-state index contributed by atoms with van der Waals surface area (Å²) in [5.74, 6) is 0.0535. The number of hydrogen-bond donors (Lipinski definition) is 0. The second-order valence-corrected chi connectivity index (χ2v) is 6.84. The number of fused-ring (bicyclic) bond motifs is 3. The molecule has 140 valence electrons. The number of hydrogen-bond acceptors (Lipinski definition) is 5. The molecule has 0 amide bonds. The Morgan fingerprint density at radius 2 is 1.96 bits per heavy atom. The molecule has 0 bridgehead atoms. The Labute approximate surface area is 172 Å². The summed E-state index contributed by atoms with van der Waals surface area (Å²) in [6.07, 6.45) is 4.78. The molecule has 0 N–H and O–H groups in total. The Morgan fingerprint density at radius 3 is 2.75 bits per heavy atom. The third-order valence-corrected chi connectivity index (χ3v) is 4.85. The lowest BCUT2D eigenvalue weighted by Crippen LogP contribution is -2.30. The van der Waals surface area contributed by atoms with Gasteiger partial charge in [0.1, 0.15) is 5.70 Å². The van der Waals surface area contributed by atoms with Crippen molar-refractivity contribution in [3.63, 3.8) is 0 Å². The zero-order valence-corrected chi connectivity index (χ0v) is 16.4. The van der Waals surface area contributed by atoms with Crippen LogP contribution in [0.2, 0.25) is 10.0 Å². The van der Waals surface area contributed by atoms with Crippen LogP contribution in [0.25, 0.3) is 0 Å². The Hall–Kier alpha value is -2.89. The molecule has 0 aromatic heterocycles. The van der Waals surface area contributed by atoms with Gasteiger partial charge >= 0.3 is 5.97 Å². The van der Waals surface area contributed by atoms with Gasteiger partial charge in [0, 0.05) is 27.4 Å². The van der Waals surface area contributed by atoms with Crippen LogP contribution in [-0.4, -0.2) is 24.5 Å². The van der Waals surface area contributed by atoms with Crippen LogP contribution in [0.5, 0.6) is 0 Å². The summed E-state index contributed by atoms with van der Waals surface area (Å²) in [5, 5.41) is 1.11. The molecular weight excluding hydrogens is 397 g/mol. The van der Waals surface area contributed by atoms with Crippen molar-refractivity contribution < 1.29 is 9.53 Å². The lowest BCUT2D eigenvalue weighted by Gasteiger charge is -2.28. The van der Waals surface area contributed by atoms with Crippen molar-refractivity contribution in [2.45, 2.75) is 6.92 Å². The van der Waals surface area contributed by atoms with Crippen LogP contribution in [0, 0.1) is 0 Å². The molecule has 0 saturated carbocycles. The smallest absolute Gasteiger partial charge is 0.355 e. The first kappa shape index (κ1) is 18.5. The molecule has 2 aromatic rings. The first-order valence-corrected chi connectivity index (χ1v) is 9.40. The SMILES string of the molecule is CCOC(=O)C1=CC=NC2=CN=C(c3ccccc3Cl)c3cc(Cl)ccc3N21. The molecule has 0 aliphatic carbocycles. The molecule has 2 aromatic carbocycles. The lowest BCUT2D eigenvalue weighted by atomic mass is 9.99. The van der Waals surface area contributed by atoms with Gasteiger partial charge in [-0.3, -0.25) is 9.89 Å². The number of ether oxygens (including phenoxy) is 1. The monoisotopic (exact) mass is 411 g/mol. The van der Waals surface area contributed by atoms with Crippen LogP contribution in [0.4, 0.5) is 5.69 Å². The minimum Gasteiger partial charge on any atom is -0.461 e. The van der Waals surface area contributed by atoms with Crippen LogP contribution in [0.15, 0.2) is 76.2 Å². The highest BCUT2D eigenvalue weighted by atomic mass is 35.5. The van der Waals surface area contributed by atoms with Gasteiger partial charge < -0.3 is 4.74 Å². The summed E-state index contributed by atoms with van der Waals surface area (Å²) in [4.78, 5) is 23.3. The van der Waals surface area contributed by atoms with Gasteiger partial charge in [-0.2, -0.15) is 0 Å². The minimum atomic E-state index is -0.443. The number of rotatable bonds is 3. The highest BCUT2D eigenvalue weighted by Crippen LogP contribution is 2.37. The zero-order chi connectivity index (χ0) is 19.7. The summed E-state index contributed by atoms with van der Waals surface area (Å²) < 4.78 is 5.22. The number of carbonyl (C=O) groups excluding carboxylic acids is 1. The fourth-order valence-corrected chi connectivity index (χ4v) is 3.50. The van der Waals surface area contributed by atoms with E-state index in [1.165, 1.54) is 0 Å². The van der Waals surface area contributed by atoms with Crippen LogP contribution in [0.1, 0.15) is 18.1 Å². The molecule has 0 spiro atoms. The number of halogens is 2. The maximum absolute atomic E-state index is 12.5. The van der Waals surface area contributed by atoms with E-state index >= 15 is 0 Å². The molecule has 2 heterocycles. The van der Waals surface area contributed by atoms with Gasteiger partial charge in [0.2, 0.25) is 0 Å². The van der Waals surface area contributed by atoms with Crippen molar-refractivity contribution in [1.29, 1.82) is 0 Å². The Kier molecular flexibility index (Phi) is 5.03. The van der Waals surface area contributed by atoms with E-state index < -0.39 is 5.97 Å². The standard InChI is InChI=1S/C21H15Cl2N3O2/c1-2-28-21(27)18-9-10-24-19-12-25-20(14-5-3-4-6-16(14)23)15-11-13(22)7-8-17(15)26(18)19/h3-12H,2H2,1H3. The molecule has 0 saturated heterocycles. The van der Waals surface area contributed by atoms with E-state index in [1.807, 2.05) is 24.3 Å². The molecule has 0 radical (unpaired) electrons. The summed E-state index contributed by atoms with van der Waals surface area (Å²) in [7, 11) is 0. The molecule has 2 aliphatic heterocycles. The summed E-state index contributed by atoms with van der Waals surface area (Å²) in [6, 6.07) is 12.8. The average Bonchev–Trinajstić information content (AvgIpc) is 2.85. The molecule has 2 aliphatic rings. The predicted octanol–water partition coefficient (Wildman–Crippen LogP) is 4.98. The van der Waals surface area contributed by atoms with Crippen molar-refractivity contribution in [2.24, 2.45) is 9.98 Å². The van der Waals surface area contributed by atoms with E-state index in [9.17, 15) is 4.79 Å². The molecule has 0 fully saturated rings. The van der Waals surface area contributed by atoms with Crippen LogP contribution in [0.3, 0.4) is 0 Å². The number of esters is 1. The molecule has 4 rings (SSSR count). The maximum atomic E-state index is 12.5. The van der Waals surface area contributed by atoms with Crippen molar-refractivity contribution >= 4 is 46.8 Å². The average molecular weight is 412 g/mol. The van der Waals surface area contributed by atoms with Crippen LogP contribution >= 0.6 is 23.2 Å². The first-order valence-electron chi connectivity index (χ1n) is 8.64. The quantitative estimate of drug-likeness (QED) is 0.669. The van der Waals surface area contributed by atoms with E-state index in [-0.39, 0.29) is 6.61 Å². The summed E-state index contributed by atoms with van der Waals surface area (Å²) in [5.41, 5.74) is 3.20. The molecule has 28 heavy (non-hydrogen) atoms. The molecular formula is C21H15Cl2N3O2. The Morgan fingerprint density at radius 1 is 1.14 bits per heavy atom. The van der Waals surface area contributed by atoms with E-state index in [2.05, 4.69) is 9.98 Å². The van der Waals surface area contributed by atoms with Crippen molar-refractivity contribution in [2.75, 3.05) is 11.5 Å². The van der Waals surface area contributed by atoms with Gasteiger partial charge in [-0.15, -0.1) is 0 Å². The largest absolute Gasteiger partial charge is 0.461 e. The maximum Gasteiger partial charge on any atom is 0.355 e. The predicted molar refractivity (Wildman–Crippen MR) is 112 cm³/mol. The van der Waals surface area contributed by atoms with E-state index in [1.54, 1.807) is 48.5 Å². The third-order valence-electron chi connectivity index (χ3n) is 4.29. The fraction of sp³-hybridized carbons (Fsp3) is 0.0952. The Bertz CT molecular complexity index is 1090. The summed E-state index contributed by atoms with van der Waals surface area (Å²) >= 11 is 12.7. The van der Waals surface area contributed by atoms with Crippen LogP contribution < -0.4 is 4.90 Å². The highest BCUT2D eigenvalue weighted by Gasteiger charge is 2.30. The third kappa shape index (κ3) is 3.23. The van der Waals surface area contributed by atoms with E-state index in [0.29, 0.717) is 33.0 Å². The van der Waals surface area contributed by atoms with Crippen LogP contribution in [-0.2, 0) is 9.53 Å². The second-order valence-electron chi connectivity index (χ2n) is 5.99. The minimum absolute atomic E-state index is 0.273. The zero-order valence-electron chi connectivity index (χ0n) is 14.9. The number of benzene rings is 2. The first-order chi connectivity index (χ1) is 13.6. The highest BCUT2D eigenvalue weighted by molar-refractivity contribution is 6.36. The van der Waals surface area contributed by atoms with Gasteiger partial charge in [-0.25, -0.2) is 9.79 Å². The molecule has 7 heteroatoms. The van der Waals surface area contributed by atoms with Gasteiger partial charge in [0.15, 0.2) is 5.82 Å². The van der Waals surface area contributed by atoms with Crippen molar-refractivity contribution in [3.8, 4) is 0 Å². The van der Waals surface area contributed by atoms with E-state index in [4.69, 9.17) is 27.9 Å². The van der Waals surface area contributed by atoms with Gasteiger partial charge in [-0.05, 0) is 37.3 Å². The number of aliphatic imine (C=N–C) groups is 2. The fourth-order valence-electron chi connectivity index (χ4n) is 3.10. The molecule has 0 unspecified atom stereocenters. The Balaban J connectivity index is 1.93. The number of carbonyl (C=O) groups is 1. The summed E-state index contributed by atoms with van der Waals surface area (Å²) in [6.45, 7) is 2.04. The van der Waals surface area contributed by atoms with Crippen molar-refractivity contribution in [3.05, 3.63) is 87.4 Å². The lowest BCUT2D eigenvalue weighted by molar-refractivity contribution is -0.138. The van der Waals surface area contributed by atoms with Gasteiger partial charge in [0.25, 0.3) is 0 Å². The molecule has 0 atom stereocenters. The topological polar surface area (TPSA) is 54.3 Å².